The van der Waals surface area contributed by atoms with Crippen LogP contribution in [0, 0.1) is 12.7 Å². The first-order valence-electron chi connectivity index (χ1n) is 10.7. The molecule has 0 saturated heterocycles. The van der Waals surface area contributed by atoms with Gasteiger partial charge in [-0.1, -0.05) is 41.9 Å². The summed E-state index contributed by atoms with van der Waals surface area (Å²) in [7, 11) is 0. The molecule has 0 aliphatic heterocycles. The summed E-state index contributed by atoms with van der Waals surface area (Å²) in [6, 6.07) is 17.1. The Morgan fingerprint density at radius 1 is 1.00 bits per heavy atom. The third-order valence-electron chi connectivity index (χ3n) is 5.44. The number of aryl methyl sites for hydroxylation is 2. The molecule has 0 bridgehead atoms. The van der Waals surface area contributed by atoms with Gasteiger partial charge in [-0.05, 0) is 60.7 Å². The summed E-state index contributed by atoms with van der Waals surface area (Å²) >= 11 is 7.45. The first-order chi connectivity index (χ1) is 16.1. The van der Waals surface area contributed by atoms with Crippen LogP contribution in [0.25, 0.3) is 32.7 Å². The second kappa shape index (κ2) is 9.33. The predicted molar refractivity (Wildman–Crippen MR) is 134 cm³/mol. The molecule has 4 nitrogen and oxygen atoms in total. The zero-order valence-corrected chi connectivity index (χ0v) is 19.5. The number of hydrogen-bond acceptors (Lipinski definition) is 5. The topological polar surface area (TPSA) is 51.0 Å². The van der Waals surface area contributed by atoms with Crippen molar-refractivity contribution in [1.29, 1.82) is 0 Å². The maximum atomic E-state index is 13.7. The average molecular weight is 478 g/mol. The minimum atomic E-state index is -0.403. The molecule has 7 heteroatoms. The molecule has 33 heavy (non-hydrogen) atoms. The fourth-order valence-electron chi connectivity index (χ4n) is 3.74. The Hall–Kier alpha value is -3.22. The molecule has 0 fully saturated rings. The molecule has 1 N–H and O–H groups in total. The molecule has 166 valence electrons. The molecule has 3 aromatic heterocycles. The molecule has 0 aliphatic rings. The lowest BCUT2D eigenvalue weighted by atomic mass is 10.0. The third-order valence-corrected chi connectivity index (χ3v) is 6.69. The molecule has 0 atom stereocenters. The van der Waals surface area contributed by atoms with Crippen LogP contribution in [0.1, 0.15) is 16.9 Å². The highest BCUT2D eigenvalue weighted by molar-refractivity contribution is 7.18. The quantitative estimate of drug-likeness (QED) is 0.243. The number of furan rings is 1. The fourth-order valence-corrected chi connectivity index (χ4v) is 4.73. The second-order valence-corrected chi connectivity index (χ2v) is 9.48. The van der Waals surface area contributed by atoms with E-state index in [1.807, 2.05) is 24.3 Å². The van der Waals surface area contributed by atoms with Gasteiger partial charge in [0.15, 0.2) is 5.82 Å². The largest absolute Gasteiger partial charge is 0.472 e. The van der Waals surface area contributed by atoms with Crippen LogP contribution in [-0.4, -0.2) is 16.5 Å². The van der Waals surface area contributed by atoms with E-state index in [1.54, 1.807) is 29.9 Å². The second-order valence-electron chi connectivity index (χ2n) is 7.84. The molecule has 0 radical (unpaired) electrons. The number of nitrogens with one attached hydrogen (secondary N) is 1. The Labute approximate surface area is 200 Å². The van der Waals surface area contributed by atoms with E-state index < -0.39 is 5.82 Å². The van der Waals surface area contributed by atoms with Crippen molar-refractivity contribution in [2.45, 2.75) is 19.8 Å². The highest BCUT2D eigenvalue weighted by atomic mass is 35.5. The van der Waals surface area contributed by atoms with Crippen molar-refractivity contribution < 1.29 is 8.81 Å². The van der Waals surface area contributed by atoms with Crippen LogP contribution >= 0.6 is 22.9 Å². The highest BCUT2D eigenvalue weighted by Crippen LogP contribution is 2.31. The number of fused-ring (bicyclic) bond motifs is 1. The van der Waals surface area contributed by atoms with Crippen LogP contribution in [-0.2, 0) is 6.42 Å². The van der Waals surface area contributed by atoms with Crippen molar-refractivity contribution in [2.24, 2.45) is 0 Å². The van der Waals surface area contributed by atoms with Crippen molar-refractivity contribution >= 4 is 39.0 Å². The number of rotatable bonds is 7. The summed E-state index contributed by atoms with van der Waals surface area (Å²) in [6.45, 7) is 2.87. The molecular formula is C26H21ClFN3OS. The monoisotopic (exact) mass is 477 g/mol. The average Bonchev–Trinajstić information content (AvgIpc) is 3.48. The minimum Gasteiger partial charge on any atom is -0.472 e. The van der Waals surface area contributed by atoms with Crippen molar-refractivity contribution in [3.8, 4) is 22.5 Å². The molecule has 0 amide bonds. The lowest BCUT2D eigenvalue weighted by molar-refractivity contribution is 0.568. The summed E-state index contributed by atoms with van der Waals surface area (Å²) in [5.41, 5.74) is 3.88. The smallest absolute Gasteiger partial charge is 0.166 e. The first kappa shape index (κ1) is 21.6. The van der Waals surface area contributed by atoms with Crippen LogP contribution in [0.15, 0.2) is 71.5 Å². The molecule has 5 aromatic rings. The highest BCUT2D eigenvalue weighted by Gasteiger charge is 2.12. The van der Waals surface area contributed by atoms with Crippen molar-refractivity contribution in [2.75, 3.05) is 11.9 Å². The molecule has 5 rings (SSSR count). The van der Waals surface area contributed by atoms with Gasteiger partial charge in [0.2, 0.25) is 0 Å². The van der Waals surface area contributed by atoms with Gasteiger partial charge in [-0.2, -0.15) is 0 Å². The maximum Gasteiger partial charge on any atom is 0.166 e. The molecule has 2 aromatic carbocycles. The molecular weight excluding hydrogens is 457 g/mol. The van der Waals surface area contributed by atoms with Gasteiger partial charge in [0.05, 0.1) is 22.2 Å². The zero-order valence-electron chi connectivity index (χ0n) is 17.9. The maximum absolute atomic E-state index is 13.7. The number of hydrogen-bond donors (Lipinski definition) is 1. The van der Waals surface area contributed by atoms with Gasteiger partial charge in [-0.15, -0.1) is 11.3 Å². The standard InChI is InChI=1S/C26H21ClFN3OS/c1-16-13-21-25(30-24(31-26(21)33-16)20-10-12-32-15-20)29-11-2-3-17-4-6-18(7-5-17)19-8-9-22(27)23(28)14-19/h4-10,12-15H,2-3,11H2,1H3,(H,29,30,31). The predicted octanol–water partition coefficient (Wildman–Crippen LogP) is 7.76. The Morgan fingerprint density at radius 2 is 1.82 bits per heavy atom. The van der Waals surface area contributed by atoms with Crippen LogP contribution in [0.5, 0.6) is 0 Å². The summed E-state index contributed by atoms with van der Waals surface area (Å²) < 4.78 is 18.9. The summed E-state index contributed by atoms with van der Waals surface area (Å²) in [4.78, 5) is 11.6. The van der Waals surface area contributed by atoms with Gasteiger partial charge < -0.3 is 9.73 Å². The van der Waals surface area contributed by atoms with E-state index in [2.05, 4.69) is 30.4 Å². The molecule has 0 unspecified atom stereocenters. The van der Waals surface area contributed by atoms with Gasteiger partial charge >= 0.3 is 0 Å². The minimum absolute atomic E-state index is 0.137. The van der Waals surface area contributed by atoms with E-state index in [1.165, 1.54) is 16.5 Å². The Morgan fingerprint density at radius 3 is 2.58 bits per heavy atom. The molecule has 3 heterocycles. The number of aromatic nitrogens is 2. The lowest BCUT2D eigenvalue weighted by Gasteiger charge is -2.09. The summed E-state index contributed by atoms with van der Waals surface area (Å²) in [5.74, 6) is 1.11. The SMILES string of the molecule is Cc1cc2c(NCCCc3ccc(-c4ccc(Cl)c(F)c4)cc3)nc(-c3ccoc3)nc2s1. The van der Waals surface area contributed by atoms with Crippen molar-refractivity contribution in [3.05, 3.63) is 88.4 Å². The lowest BCUT2D eigenvalue weighted by Crippen LogP contribution is -2.06. The molecule has 0 saturated carbocycles. The van der Waals surface area contributed by atoms with E-state index in [0.29, 0.717) is 5.82 Å². The number of halogens is 2. The number of anilines is 1. The molecule has 0 spiro atoms. The molecule has 0 aliphatic carbocycles. The summed E-state index contributed by atoms with van der Waals surface area (Å²) in [5, 5.41) is 4.68. The zero-order chi connectivity index (χ0) is 22.8. The Balaban J connectivity index is 1.24. The Kier molecular flexibility index (Phi) is 6.11. The van der Waals surface area contributed by atoms with Crippen LogP contribution in [0.2, 0.25) is 5.02 Å². The first-order valence-corrected chi connectivity index (χ1v) is 11.9. The van der Waals surface area contributed by atoms with Gasteiger partial charge in [-0.3, -0.25) is 0 Å². The van der Waals surface area contributed by atoms with Gasteiger partial charge in [0.1, 0.15) is 22.7 Å². The fraction of sp³-hybridized carbons (Fsp3) is 0.154. The number of nitrogens with zero attached hydrogens (tertiary/aromatic N) is 2. The van der Waals surface area contributed by atoms with E-state index in [0.717, 1.165) is 52.1 Å². The van der Waals surface area contributed by atoms with E-state index >= 15 is 0 Å². The van der Waals surface area contributed by atoms with Crippen molar-refractivity contribution in [3.63, 3.8) is 0 Å². The number of thiophene rings is 1. The van der Waals surface area contributed by atoms with E-state index in [4.69, 9.17) is 26.0 Å². The number of benzene rings is 2. The van der Waals surface area contributed by atoms with Gasteiger partial charge in [-0.25, -0.2) is 14.4 Å². The van der Waals surface area contributed by atoms with Gasteiger partial charge in [0.25, 0.3) is 0 Å². The van der Waals surface area contributed by atoms with Crippen LogP contribution in [0.3, 0.4) is 0 Å². The normalized spacial score (nSPS) is 11.2. The van der Waals surface area contributed by atoms with E-state index in [9.17, 15) is 4.39 Å². The van der Waals surface area contributed by atoms with Gasteiger partial charge in [0, 0.05) is 11.4 Å². The van der Waals surface area contributed by atoms with E-state index in [-0.39, 0.29) is 5.02 Å². The Bertz CT molecular complexity index is 1400. The van der Waals surface area contributed by atoms with Crippen LogP contribution < -0.4 is 5.32 Å². The summed E-state index contributed by atoms with van der Waals surface area (Å²) in [6.07, 6.45) is 5.16. The third kappa shape index (κ3) is 4.77. The van der Waals surface area contributed by atoms with Crippen LogP contribution in [0.4, 0.5) is 10.2 Å². The van der Waals surface area contributed by atoms with Crippen molar-refractivity contribution in [1.82, 2.24) is 9.97 Å².